The van der Waals surface area contributed by atoms with Crippen molar-refractivity contribution >= 4 is 39.9 Å². The molecule has 0 aliphatic rings. The summed E-state index contributed by atoms with van der Waals surface area (Å²) < 4.78 is 21.5. The molecular weight excluding hydrogens is 595 g/mol. The maximum atomic E-state index is 13.6. The Morgan fingerprint density at radius 2 is 1.72 bits per heavy atom. The molecular formula is C36H35FN8O2. The third-order valence-corrected chi connectivity index (χ3v) is 7.51. The van der Waals surface area contributed by atoms with Crippen molar-refractivity contribution in [3.05, 3.63) is 120 Å². The number of amides is 2. The highest BCUT2D eigenvalue weighted by Crippen LogP contribution is 2.32. The van der Waals surface area contributed by atoms with Gasteiger partial charge in [-0.2, -0.15) is 5.10 Å². The molecule has 6 aromatic rings. The van der Waals surface area contributed by atoms with Crippen LogP contribution in [0.3, 0.4) is 0 Å². The van der Waals surface area contributed by atoms with E-state index in [1.54, 1.807) is 35.4 Å². The summed E-state index contributed by atoms with van der Waals surface area (Å²) in [6.07, 6.45) is 8.67. The molecule has 2 amide bonds. The molecule has 0 spiro atoms. The lowest BCUT2D eigenvalue weighted by Crippen LogP contribution is -2.21. The lowest BCUT2D eigenvalue weighted by atomic mass is 10.1. The second-order valence-electron chi connectivity index (χ2n) is 11.0. The summed E-state index contributed by atoms with van der Waals surface area (Å²) in [5.41, 5.74) is 3.92. The fourth-order valence-electron chi connectivity index (χ4n) is 5.12. The van der Waals surface area contributed by atoms with Crippen LogP contribution in [-0.2, 0) is 19.4 Å². The van der Waals surface area contributed by atoms with Gasteiger partial charge in [-0.1, -0.05) is 44.5 Å². The molecule has 0 saturated carbocycles. The predicted molar refractivity (Wildman–Crippen MR) is 182 cm³/mol. The van der Waals surface area contributed by atoms with E-state index in [-0.39, 0.29) is 5.82 Å². The Labute approximate surface area is 272 Å². The average Bonchev–Trinajstić information content (AvgIpc) is 3.49. The fourth-order valence-corrected chi connectivity index (χ4v) is 5.12. The number of nitrogens with zero attached hydrogens (tertiary/aromatic N) is 5. The number of carbonyl (C=O) groups is 1. The zero-order valence-corrected chi connectivity index (χ0v) is 26.2. The molecule has 3 N–H and O–H groups in total. The SMILES string of the molecule is CCCCc1cc(NC(=O)Nc2ccc(OCc3ccnc(Nc4cncc(CC)n4)c3)c3ccccc23)n(-c2ccc(F)cc2)n1. The van der Waals surface area contributed by atoms with Gasteiger partial charge in [0.15, 0.2) is 0 Å². The van der Waals surface area contributed by atoms with Gasteiger partial charge in [-0.25, -0.2) is 23.8 Å². The van der Waals surface area contributed by atoms with Gasteiger partial charge in [-0.15, -0.1) is 0 Å². The number of nitrogens with one attached hydrogen (secondary N) is 3. The van der Waals surface area contributed by atoms with Crippen LogP contribution < -0.4 is 20.7 Å². The number of aromatic nitrogens is 5. The number of aryl methyl sites for hydroxylation is 2. The first kappa shape index (κ1) is 31.2. The first-order chi connectivity index (χ1) is 23.0. The predicted octanol–water partition coefficient (Wildman–Crippen LogP) is 8.22. The van der Waals surface area contributed by atoms with Gasteiger partial charge >= 0.3 is 6.03 Å². The molecule has 0 aliphatic carbocycles. The molecule has 3 aromatic carbocycles. The van der Waals surface area contributed by atoms with E-state index >= 15 is 0 Å². The highest BCUT2D eigenvalue weighted by Gasteiger charge is 2.15. The molecule has 238 valence electrons. The van der Waals surface area contributed by atoms with Crippen LogP contribution in [0.1, 0.15) is 43.6 Å². The summed E-state index contributed by atoms with van der Waals surface area (Å²) in [6, 6.07) is 22.6. The Hall–Kier alpha value is -5.84. The molecule has 0 fully saturated rings. The van der Waals surface area contributed by atoms with Crippen LogP contribution in [0.2, 0.25) is 0 Å². The number of hydrogen-bond donors (Lipinski definition) is 3. The Morgan fingerprint density at radius 1 is 0.894 bits per heavy atom. The number of benzene rings is 3. The highest BCUT2D eigenvalue weighted by atomic mass is 19.1. The first-order valence-electron chi connectivity index (χ1n) is 15.6. The summed E-state index contributed by atoms with van der Waals surface area (Å²) in [6.45, 7) is 4.45. The van der Waals surface area contributed by atoms with Crippen molar-refractivity contribution in [3.63, 3.8) is 0 Å². The Kier molecular flexibility index (Phi) is 9.62. The molecule has 0 unspecified atom stereocenters. The van der Waals surface area contributed by atoms with E-state index in [4.69, 9.17) is 4.74 Å². The normalized spacial score (nSPS) is 11.0. The smallest absolute Gasteiger partial charge is 0.324 e. The van der Waals surface area contributed by atoms with Crippen molar-refractivity contribution in [3.8, 4) is 11.4 Å². The minimum Gasteiger partial charge on any atom is -0.488 e. The summed E-state index contributed by atoms with van der Waals surface area (Å²) >= 11 is 0. The van der Waals surface area contributed by atoms with E-state index in [0.717, 1.165) is 53.4 Å². The van der Waals surface area contributed by atoms with Gasteiger partial charge in [-0.05, 0) is 73.4 Å². The molecule has 0 aliphatic heterocycles. The molecule has 3 heterocycles. The number of anilines is 4. The number of urea groups is 1. The summed E-state index contributed by atoms with van der Waals surface area (Å²) in [7, 11) is 0. The number of carbonyl (C=O) groups excluding carboxylic acids is 1. The Morgan fingerprint density at radius 3 is 2.53 bits per heavy atom. The summed E-state index contributed by atoms with van der Waals surface area (Å²) in [5.74, 6) is 2.09. The van der Waals surface area contributed by atoms with Crippen LogP contribution in [0.15, 0.2) is 97.5 Å². The molecule has 0 saturated heterocycles. The van der Waals surface area contributed by atoms with E-state index in [1.807, 2.05) is 61.5 Å². The van der Waals surface area contributed by atoms with Crippen LogP contribution in [0.5, 0.6) is 5.75 Å². The number of ether oxygens (including phenoxy) is 1. The molecule has 0 atom stereocenters. The molecule has 0 bridgehead atoms. The monoisotopic (exact) mass is 630 g/mol. The number of pyridine rings is 1. The lowest BCUT2D eigenvalue weighted by molar-refractivity contribution is 0.262. The highest BCUT2D eigenvalue weighted by molar-refractivity contribution is 6.07. The van der Waals surface area contributed by atoms with Crippen molar-refractivity contribution in [1.82, 2.24) is 24.7 Å². The van der Waals surface area contributed by atoms with Gasteiger partial charge in [0.1, 0.15) is 35.6 Å². The molecule has 47 heavy (non-hydrogen) atoms. The number of fused-ring (bicyclic) bond motifs is 1. The summed E-state index contributed by atoms with van der Waals surface area (Å²) in [4.78, 5) is 26.5. The molecule has 0 radical (unpaired) electrons. The van der Waals surface area contributed by atoms with Crippen LogP contribution >= 0.6 is 0 Å². The van der Waals surface area contributed by atoms with Crippen molar-refractivity contribution < 1.29 is 13.9 Å². The van der Waals surface area contributed by atoms with Crippen molar-refractivity contribution in [1.29, 1.82) is 0 Å². The average molecular weight is 631 g/mol. The van der Waals surface area contributed by atoms with Crippen LogP contribution in [-0.4, -0.2) is 30.8 Å². The molecule has 11 heteroatoms. The number of unbranched alkanes of at least 4 members (excludes halogenated alkanes) is 1. The van der Waals surface area contributed by atoms with Gasteiger partial charge in [0.2, 0.25) is 0 Å². The van der Waals surface area contributed by atoms with E-state index < -0.39 is 6.03 Å². The van der Waals surface area contributed by atoms with Crippen molar-refractivity contribution in [2.45, 2.75) is 46.1 Å². The standard InChI is InChI=1S/C36H35FN8O2/c1-3-5-8-27-20-35(45(44-27)28-13-11-25(37)12-14-28)43-36(46)41-31-15-16-32(30-10-7-6-9-29(30)31)47-23-24-17-18-39-33(19-24)42-34-22-38-21-26(4-2)40-34/h6-7,9-22H,3-5,8,23H2,1-2H3,(H,39,40,42)(H2,41,43,46). The summed E-state index contributed by atoms with van der Waals surface area (Å²) in [5, 5.41) is 15.5. The Bertz CT molecular complexity index is 1990. The second kappa shape index (κ2) is 14.5. The minimum atomic E-state index is -0.430. The number of halogens is 1. The van der Waals surface area contributed by atoms with Crippen molar-refractivity contribution in [2.24, 2.45) is 0 Å². The zero-order chi connectivity index (χ0) is 32.6. The topological polar surface area (TPSA) is 119 Å². The van der Waals surface area contributed by atoms with Gasteiger partial charge in [-0.3, -0.25) is 10.3 Å². The van der Waals surface area contributed by atoms with E-state index in [9.17, 15) is 9.18 Å². The largest absolute Gasteiger partial charge is 0.488 e. The first-order valence-corrected chi connectivity index (χ1v) is 15.6. The van der Waals surface area contributed by atoms with Gasteiger partial charge in [0.25, 0.3) is 0 Å². The third-order valence-electron chi connectivity index (χ3n) is 7.51. The quantitative estimate of drug-likeness (QED) is 0.125. The second-order valence-corrected chi connectivity index (χ2v) is 11.0. The molecule has 6 rings (SSSR count). The number of rotatable bonds is 12. The van der Waals surface area contributed by atoms with Crippen LogP contribution in [0.4, 0.5) is 32.3 Å². The Balaban J connectivity index is 1.16. The van der Waals surface area contributed by atoms with Gasteiger partial charge in [0, 0.05) is 29.2 Å². The lowest BCUT2D eigenvalue weighted by Gasteiger charge is -2.15. The fraction of sp³-hybridized carbons (Fsp3) is 0.194. The minimum absolute atomic E-state index is 0.308. The van der Waals surface area contributed by atoms with Crippen LogP contribution in [0.25, 0.3) is 16.5 Å². The molecule has 10 nitrogen and oxygen atoms in total. The molecule has 3 aromatic heterocycles. The number of hydrogen-bond acceptors (Lipinski definition) is 7. The third kappa shape index (κ3) is 7.70. The van der Waals surface area contributed by atoms with E-state index in [2.05, 4.69) is 42.9 Å². The van der Waals surface area contributed by atoms with Gasteiger partial charge < -0.3 is 15.4 Å². The maximum absolute atomic E-state index is 13.6. The van der Waals surface area contributed by atoms with Gasteiger partial charge in [0.05, 0.1) is 29.0 Å². The zero-order valence-electron chi connectivity index (χ0n) is 26.2. The van der Waals surface area contributed by atoms with E-state index in [1.165, 1.54) is 12.1 Å². The maximum Gasteiger partial charge on any atom is 0.324 e. The van der Waals surface area contributed by atoms with Crippen molar-refractivity contribution in [2.75, 3.05) is 16.0 Å². The van der Waals surface area contributed by atoms with Crippen LogP contribution in [0, 0.1) is 5.82 Å². The van der Waals surface area contributed by atoms with E-state index in [0.29, 0.717) is 41.2 Å².